The van der Waals surface area contributed by atoms with Crippen molar-refractivity contribution < 1.29 is 4.74 Å². The predicted octanol–water partition coefficient (Wildman–Crippen LogP) is 6.00. The van der Waals surface area contributed by atoms with Crippen LogP contribution in [-0.2, 0) is 6.42 Å². The van der Waals surface area contributed by atoms with Crippen molar-refractivity contribution in [3.63, 3.8) is 0 Å². The molecule has 0 aliphatic rings. The Hall–Kier alpha value is -1.50. The summed E-state index contributed by atoms with van der Waals surface area (Å²) in [6, 6.07) is 13.0. The fraction of sp³-hybridized carbons (Fsp3) is 0.500. The topological polar surface area (TPSA) is 9.23 Å². The predicted molar refractivity (Wildman–Crippen MR) is 92.1 cm³/mol. The van der Waals surface area contributed by atoms with Gasteiger partial charge in [-0.3, -0.25) is 0 Å². The quantitative estimate of drug-likeness (QED) is 0.606. The van der Waals surface area contributed by atoms with Gasteiger partial charge in [-0.25, -0.2) is 0 Å². The molecule has 0 aliphatic heterocycles. The zero-order valence-electron chi connectivity index (χ0n) is 13.9. The summed E-state index contributed by atoms with van der Waals surface area (Å²) in [6.45, 7) is 7.04. The maximum atomic E-state index is 5.58. The van der Waals surface area contributed by atoms with Crippen molar-refractivity contribution in [3.05, 3.63) is 42.0 Å². The van der Waals surface area contributed by atoms with E-state index in [4.69, 9.17) is 4.74 Å². The molecule has 1 heteroatoms. The van der Waals surface area contributed by atoms with Crippen molar-refractivity contribution in [2.75, 3.05) is 7.11 Å². The normalized spacial score (nSPS) is 11.8. The van der Waals surface area contributed by atoms with E-state index in [0.717, 1.165) is 12.2 Å². The highest BCUT2D eigenvalue weighted by Gasteiger charge is 2.16. The molecule has 0 radical (unpaired) electrons. The van der Waals surface area contributed by atoms with E-state index in [1.807, 2.05) is 0 Å². The molecule has 0 unspecified atom stereocenters. The van der Waals surface area contributed by atoms with E-state index < -0.39 is 0 Å². The molecule has 0 aromatic heterocycles. The molecule has 0 saturated carbocycles. The van der Waals surface area contributed by atoms with Crippen LogP contribution in [0.15, 0.2) is 36.4 Å². The molecule has 2 rings (SSSR count). The van der Waals surface area contributed by atoms with E-state index in [2.05, 4.69) is 57.2 Å². The summed E-state index contributed by atoms with van der Waals surface area (Å²) in [6.07, 6.45) is 6.17. The first-order valence-electron chi connectivity index (χ1n) is 8.11. The second kappa shape index (κ2) is 6.98. The van der Waals surface area contributed by atoms with Gasteiger partial charge in [0.15, 0.2) is 0 Å². The summed E-state index contributed by atoms with van der Waals surface area (Å²) < 4.78 is 5.58. The highest BCUT2D eigenvalue weighted by atomic mass is 16.5. The molecule has 0 spiro atoms. The highest BCUT2D eigenvalue weighted by Crippen LogP contribution is 2.31. The van der Waals surface area contributed by atoms with Crippen LogP contribution >= 0.6 is 0 Å². The van der Waals surface area contributed by atoms with Crippen LogP contribution in [0.3, 0.4) is 0 Å². The van der Waals surface area contributed by atoms with Crippen LogP contribution in [0.25, 0.3) is 10.8 Å². The van der Waals surface area contributed by atoms with Crippen LogP contribution < -0.4 is 4.74 Å². The smallest absolute Gasteiger partial charge is 0.122 e. The fourth-order valence-corrected chi connectivity index (χ4v) is 3.21. The number of hydrogen-bond donors (Lipinski definition) is 0. The van der Waals surface area contributed by atoms with Gasteiger partial charge >= 0.3 is 0 Å². The van der Waals surface area contributed by atoms with Crippen molar-refractivity contribution >= 4 is 10.8 Å². The maximum Gasteiger partial charge on any atom is 0.122 e. The Morgan fingerprint density at radius 2 is 1.67 bits per heavy atom. The third-order valence-electron chi connectivity index (χ3n) is 4.38. The Morgan fingerprint density at radius 1 is 1.00 bits per heavy atom. The Labute approximate surface area is 129 Å². The monoisotopic (exact) mass is 284 g/mol. The van der Waals surface area contributed by atoms with Crippen LogP contribution in [0.2, 0.25) is 0 Å². The van der Waals surface area contributed by atoms with Crippen LogP contribution in [0.5, 0.6) is 5.75 Å². The number of methoxy groups -OCH3 is 1. The van der Waals surface area contributed by atoms with Crippen molar-refractivity contribution in [2.45, 2.75) is 52.9 Å². The number of rotatable bonds is 7. The molecule has 0 saturated heterocycles. The van der Waals surface area contributed by atoms with Gasteiger partial charge in [0.2, 0.25) is 0 Å². The van der Waals surface area contributed by atoms with E-state index in [1.54, 1.807) is 7.11 Å². The minimum absolute atomic E-state index is 0.457. The number of benzene rings is 2. The summed E-state index contributed by atoms with van der Waals surface area (Å²) >= 11 is 0. The first-order valence-corrected chi connectivity index (χ1v) is 8.11. The first-order chi connectivity index (χ1) is 10.1. The summed E-state index contributed by atoms with van der Waals surface area (Å²) in [5.41, 5.74) is 1.79. The molecule has 2 aromatic rings. The van der Waals surface area contributed by atoms with Crippen molar-refractivity contribution in [3.8, 4) is 5.75 Å². The molecule has 21 heavy (non-hydrogen) atoms. The van der Waals surface area contributed by atoms with Gasteiger partial charge in [0.1, 0.15) is 5.75 Å². The molecule has 0 amide bonds. The lowest BCUT2D eigenvalue weighted by Gasteiger charge is -2.24. The maximum absolute atomic E-state index is 5.58. The van der Waals surface area contributed by atoms with Gasteiger partial charge in [-0.2, -0.15) is 0 Å². The molecule has 0 aliphatic carbocycles. The largest absolute Gasteiger partial charge is 0.496 e. The molecule has 2 aromatic carbocycles. The Bertz CT molecular complexity index is 583. The van der Waals surface area contributed by atoms with Gasteiger partial charge in [0.05, 0.1) is 7.11 Å². The molecule has 0 atom stereocenters. The number of aryl methyl sites for hydroxylation is 1. The van der Waals surface area contributed by atoms with E-state index in [9.17, 15) is 0 Å². The van der Waals surface area contributed by atoms with Crippen molar-refractivity contribution in [1.29, 1.82) is 0 Å². The lowest BCUT2D eigenvalue weighted by atomic mass is 9.82. The van der Waals surface area contributed by atoms with Gasteiger partial charge in [0, 0.05) is 0 Å². The minimum Gasteiger partial charge on any atom is -0.496 e. The molecule has 0 N–H and O–H groups in total. The molecular weight excluding hydrogens is 256 g/mol. The van der Waals surface area contributed by atoms with Gasteiger partial charge in [0.25, 0.3) is 0 Å². The second-order valence-corrected chi connectivity index (χ2v) is 6.78. The van der Waals surface area contributed by atoms with Gasteiger partial charge < -0.3 is 4.74 Å². The van der Waals surface area contributed by atoms with E-state index in [1.165, 1.54) is 42.0 Å². The van der Waals surface area contributed by atoms with Gasteiger partial charge in [-0.15, -0.1) is 0 Å². The van der Waals surface area contributed by atoms with Gasteiger partial charge in [-0.1, -0.05) is 51.5 Å². The zero-order chi connectivity index (χ0) is 15.3. The number of hydrogen-bond acceptors (Lipinski definition) is 1. The second-order valence-electron chi connectivity index (χ2n) is 6.78. The Morgan fingerprint density at radius 3 is 2.29 bits per heavy atom. The van der Waals surface area contributed by atoms with E-state index >= 15 is 0 Å². The molecule has 114 valence electrons. The highest BCUT2D eigenvalue weighted by molar-refractivity contribution is 5.85. The SMILES string of the molecule is CCCC(C)(C)CCCc1cc2ccccc2cc1OC. The Balaban J connectivity index is 2.10. The average Bonchev–Trinajstić information content (AvgIpc) is 2.46. The molecule has 0 heterocycles. The van der Waals surface area contributed by atoms with Crippen molar-refractivity contribution in [1.82, 2.24) is 0 Å². The van der Waals surface area contributed by atoms with Crippen LogP contribution in [0.4, 0.5) is 0 Å². The lowest BCUT2D eigenvalue weighted by Crippen LogP contribution is -2.11. The van der Waals surface area contributed by atoms with E-state index in [0.29, 0.717) is 5.41 Å². The molecular formula is C20H28O. The lowest BCUT2D eigenvalue weighted by molar-refractivity contribution is 0.295. The van der Waals surface area contributed by atoms with Crippen LogP contribution in [0.1, 0.15) is 52.0 Å². The third kappa shape index (κ3) is 4.23. The standard InChI is InChI=1S/C20H28O/c1-5-12-20(2,3)13-8-11-18-14-16-9-6-7-10-17(16)15-19(18)21-4/h6-7,9-10,14-15H,5,8,11-13H2,1-4H3. The summed E-state index contributed by atoms with van der Waals surface area (Å²) in [5, 5.41) is 2.56. The minimum atomic E-state index is 0.457. The average molecular weight is 284 g/mol. The fourth-order valence-electron chi connectivity index (χ4n) is 3.21. The van der Waals surface area contributed by atoms with Crippen LogP contribution in [0, 0.1) is 5.41 Å². The zero-order valence-corrected chi connectivity index (χ0v) is 13.9. The molecule has 0 bridgehead atoms. The number of ether oxygens (including phenoxy) is 1. The number of fused-ring (bicyclic) bond motifs is 1. The first kappa shape index (κ1) is 15.9. The van der Waals surface area contributed by atoms with Gasteiger partial charge in [-0.05, 0) is 59.6 Å². The van der Waals surface area contributed by atoms with Crippen molar-refractivity contribution in [2.24, 2.45) is 5.41 Å². The molecule has 1 nitrogen and oxygen atoms in total. The summed E-state index contributed by atoms with van der Waals surface area (Å²) in [4.78, 5) is 0. The summed E-state index contributed by atoms with van der Waals surface area (Å²) in [5.74, 6) is 1.03. The van der Waals surface area contributed by atoms with E-state index in [-0.39, 0.29) is 0 Å². The molecule has 0 fully saturated rings. The Kier molecular flexibility index (Phi) is 5.27. The third-order valence-corrected chi connectivity index (χ3v) is 4.38. The van der Waals surface area contributed by atoms with Crippen LogP contribution in [-0.4, -0.2) is 7.11 Å². The summed E-state index contributed by atoms with van der Waals surface area (Å²) in [7, 11) is 1.77.